The summed E-state index contributed by atoms with van der Waals surface area (Å²) in [6, 6.07) is 4.06. The van der Waals surface area contributed by atoms with E-state index < -0.39 is 6.03 Å². The maximum atomic E-state index is 12.2. The lowest BCUT2D eigenvalue weighted by molar-refractivity contribution is -0.133. The van der Waals surface area contributed by atoms with Crippen LogP contribution in [0.4, 0.5) is 4.79 Å². The van der Waals surface area contributed by atoms with Crippen LogP contribution in [0.3, 0.4) is 0 Å². The van der Waals surface area contributed by atoms with Crippen LogP contribution in [0.2, 0.25) is 10.0 Å². The molecule has 0 aliphatic carbocycles. The predicted molar refractivity (Wildman–Crippen MR) is 87.2 cm³/mol. The van der Waals surface area contributed by atoms with Gasteiger partial charge in [-0.05, 0) is 24.6 Å². The normalized spacial score (nSPS) is 20.5. The molecule has 2 fully saturated rings. The van der Waals surface area contributed by atoms with Gasteiger partial charge in [0.05, 0.1) is 17.6 Å². The van der Waals surface area contributed by atoms with Crippen LogP contribution in [0.15, 0.2) is 18.2 Å². The number of amides is 4. The van der Waals surface area contributed by atoms with Gasteiger partial charge < -0.3 is 15.0 Å². The van der Waals surface area contributed by atoms with Gasteiger partial charge in [0.1, 0.15) is 5.75 Å². The van der Waals surface area contributed by atoms with E-state index in [9.17, 15) is 14.4 Å². The molecular weight excluding hydrogens is 357 g/mol. The van der Waals surface area contributed by atoms with E-state index in [1.54, 1.807) is 17.0 Å². The lowest BCUT2D eigenvalue weighted by Crippen LogP contribution is -2.43. The third-order valence-electron chi connectivity index (χ3n) is 4.00. The molecular formula is C15H15Cl2N3O4. The Bertz CT molecular complexity index is 681. The van der Waals surface area contributed by atoms with E-state index in [0.29, 0.717) is 35.3 Å². The molecule has 24 heavy (non-hydrogen) atoms. The fourth-order valence-electron chi connectivity index (χ4n) is 2.81. The third kappa shape index (κ3) is 3.42. The maximum Gasteiger partial charge on any atom is 0.324 e. The topological polar surface area (TPSA) is 79.0 Å². The van der Waals surface area contributed by atoms with Crippen molar-refractivity contribution in [1.82, 2.24) is 15.1 Å². The molecule has 1 aromatic carbocycles. The van der Waals surface area contributed by atoms with E-state index in [2.05, 4.69) is 5.32 Å². The van der Waals surface area contributed by atoms with E-state index in [4.69, 9.17) is 27.9 Å². The SMILES string of the molecule is O=C(COc1ccc(Cl)cc1Cl)N1CCC(N2C(=O)CNC2=O)C1. The first-order chi connectivity index (χ1) is 11.5. The minimum Gasteiger partial charge on any atom is -0.482 e. The largest absolute Gasteiger partial charge is 0.482 e. The van der Waals surface area contributed by atoms with Crippen LogP contribution >= 0.6 is 23.2 Å². The molecule has 0 radical (unpaired) electrons. The first-order valence-electron chi connectivity index (χ1n) is 7.41. The highest BCUT2D eigenvalue weighted by Crippen LogP contribution is 2.27. The Morgan fingerprint density at radius 2 is 2.12 bits per heavy atom. The average molecular weight is 372 g/mol. The minimum absolute atomic E-state index is 0.0153. The number of carbonyl (C=O) groups excluding carboxylic acids is 3. The van der Waals surface area contributed by atoms with Crippen LogP contribution in [0, 0.1) is 0 Å². The van der Waals surface area contributed by atoms with Crippen LogP contribution < -0.4 is 10.1 Å². The summed E-state index contributed by atoms with van der Waals surface area (Å²) in [5, 5.41) is 3.29. The molecule has 1 atom stereocenters. The molecule has 1 unspecified atom stereocenters. The van der Waals surface area contributed by atoms with E-state index in [1.165, 1.54) is 11.0 Å². The second-order valence-corrected chi connectivity index (χ2v) is 6.41. The van der Waals surface area contributed by atoms with Crippen molar-refractivity contribution in [2.45, 2.75) is 12.5 Å². The van der Waals surface area contributed by atoms with Gasteiger partial charge >= 0.3 is 6.03 Å². The number of hydrogen-bond acceptors (Lipinski definition) is 4. The number of hydrogen-bond donors (Lipinski definition) is 1. The van der Waals surface area contributed by atoms with Crippen molar-refractivity contribution in [2.24, 2.45) is 0 Å². The fourth-order valence-corrected chi connectivity index (χ4v) is 3.27. The molecule has 128 valence electrons. The molecule has 2 aliphatic heterocycles. The molecule has 2 heterocycles. The number of urea groups is 1. The molecule has 0 spiro atoms. The molecule has 0 saturated carbocycles. The number of rotatable bonds is 4. The number of imide groups is 1. The standard InChI is InChI=1S/C15H15Cl2N3O4/c16-9-1-2-12(11(17)5-9)24-8-14(22)19-4-3-10(7-19)20-13(21)6-18-15(20)23/h1-2,5,10H,3-4,6-8H2,(H,18,23). The molecule has 2 saturated heterocycles. The van der Waals surface area contributed by atoms with Crippen LogP contribution in [0.25, 0.3) is 0 Å². The molecule has 1 aromatic rings. The molecule has 0 aromatic heterocycles. The van der Waals surface area contributed by atoms with Crippen LogP contribution in [0.1, 0.15) is 6.42 Å². The monoisotopic (exact) mass is 371 g/mol. The lowest BCUT2D eigenvalue weighted by Gasteiger charge is -2.21. The van der Waals surface area contributed by atoms with Crippen molar-refractivity contribution in [1.29, 1.82) is 0 Å². The highest BCUT2D eigenvalue weighted by molar-refractivity contribution is 6.35. The Balaban J connectivity index is 1.55. The van der Waals surface area contributed by atoms with Gasteiger partial charge in [0.25, 0.3) is 5.91 Å². The van der Waals surface area contributed by atoms with Crippen molar-refractivity contribution in [3.05, 3.63) is 28.2 Å². The molecule has 7 nitrogen and oxygen atoms in total. The number of nitrogens with one attached hydrogen (secondary N) is 1. The van der Waals surface area contributed by atoms with Gasteiger partial charge in [0, 0.05) is 18.1 Å². The zero-order valence-electron chi connectivity index (χ0n) is 12.6. The van der Waals surface area contributed by atoms with Crippen molar-refractivity contribution in [3.8, 4) is 5.75 Å². The second kappa shape index (κ2) is 6.86. The summed E-state index contributed by atoms with van der Waals surface area (Å²) in [5.74, 6) is -0.113. The molecule has 1 N–H and O–H groups in total. The quantitative estimate of drug-likeness (QED) is 0.813. The Morgan fingerprint density at radius 3 is 2.79 bits per heavy atom. The van der Waals surface area contributed by atoms with Gasteiger partial charge in [-0.15, -0.1) is 0 Å². The summed E-state index contributed by atoms with van der Waals surface area (Å²) in [7, 11) is 0. The third-order valence-corrected chi connectivity index (χ3v) is 4.54. The van der Waals surface area contributed by atoms with Crippen molar-refractivity contribution >= 4 is 41.0 Å². The fraction of sp³-hybridized carbons (Fsp3) is 0.400. The first-order valence-corrected chi connectivity index (χ1v) is 8.17. The first kappa shape index (κ1) is 16.9. The highest BCUT2D eigenvalue weighted by Gasteiger charge is 2.39. The zero-order valence-corrected chi connectivity index (χ0v) is 14.1. The number of likely N-dealkylation sites (tertiary alicyclic amines) is 1. The van der Waals surface area contributed by atoms with E-state index in [-0.39, 0.29) is 31.0 Å². The molecule has 9 heteroatoms. The molecule has 0 bridgehead atoms. The summed E-state index contributed by atoms with van der Waals surface area (Å²) >= 11 is 11.8. The summed E-state index contributed by atoms with van der Waals surface area (Å²) in [4.78, 5) is 38.4. The maximum absolute atomic E-state index is 12.2. The van der Waals surface area contributed by atoms with Gasteiger partial charge in [0.2, 0.25) is 5.91 Å². The number of ether oxygens (including phenoxy) is 1. The lowest BCUT2D eigenvalue weighted by atomic mass is 10.2. The summed E-state index contributed by atoms with van der Waals surface area (Å²) in [6.07, 6.45) is 0.562. The van der Waals surface area contributed by atoms with Gasteiger partial charge in [-0.25, -0.2) is 4.79 Å². The van der Waals surface area contributed by atoms with Crippen LogP contribution in [-0.2, 0) is 9.59 Å². The molecule has 2 aliphatic rings. The van der Waals surface area contributed by atoms with E-state index >= 15 is 0 Å². The number of nitrogens with zero attached hydrogens (tertiary/aromatic N) is 2. The van der Waals surface area contributed by atoms with Crippen molar-refractivity contribution < 1.29 is 19.1 Å². The van der Waals surface area contributed by atoms with Gasteiger partial charge in [-0.1, -0.05) is 23.2 Å². The van der Waals surface area contributed by atoms with Crippen LogP contribution in [0.5, 0.6) is 5.75 Å². The minimum atomic E-state index is -0.400. The van der Waals surface area contributed by atoms with E-state index in [0.717, 1.165) is 0 Å². The Labute approximate surface area is 148 Å². The van der Waals surface area contributed by atoms with Gasteiger partial charge in [-0.2, -0.15) is 0 Å². The van der Waals surface area contributed by atoms with Crippen LogP contribution in [-0.4, -0.2) is 59.9 Å². The van der Waals surface area contributed by atoms with E-state index in [1.807, 2.05) is 0 Å². The molecule has 3 rings (SSSR count). The number of carbonyl (C=O) groups is 3. The second-order valence-electron chi connectivity index (χ2n) is 5.57. The predicted octanol–water partition coefficient (Wildman–Crippen LogP) is 1.52. The number of benzene rings is 1. The van der Waals surface area contributed by atoms with Gasteiger partial charge in [-0.3, -0.25) is 14.5 Å². The van der Waals surface area contributed by atoms with Crippen molar-refractivity contribution in [3.63, 3.8) is 0 Å². The summed E-state index contributed by atoms with van der Waals surface area (Å²) in [5.41, 5.74) is 0. The Morgan fingerprint density at radius 1 is 1.33 bits per heavy atom. The number of halogens is 2. The van der Waals surface area contributed by atoms with Crippen molar-refractivity contribution in [2.75, 3.05) is 26.2 Å². The zero-order chi connectivity index (χ0) is 17.3. The smallest absolute Gasteiger partial charge is 0.324 e. The molecule has 4 amide bonds. The Kier molecular flexibility index (Phi) is 4.82. The summed E-state index contributed by atoms with van der Waals surface area (Å²) in [6.45, 7) is 0.629. The summed E-state index contributed by atoms with van der Waals surface area (Å²) < 4.78 is 5.43. The van der Waals surface area contributed by atoms with Gasteiger partial charge in [0.15, 0.2) is 6.61 Å². The Hall–Kier alpha value is -1.99. The highest BCUT2D eigenvalue weighted by atomic mass is 35.5. The average Bonchev–Trinajstić information content (AvgIpc) is 3.13.